The zero-order valence-corrected chi connectivity index (χ0v) is 12.9. The summed E-state index contributed by atoms with van der Waals surface area (Å²) in [6, 6.07) is 12.1. The predicted molar refractivity (Wildman–Crippen MR) is 82.6 cm³/mol. The lowest BCUT2D eigenvalue weighted by Gasteiger charge is -2.15. The van der Waals surface area contributed by atoms with Crippen molar-refractivity contribution < 1.29 is 9.13 Å². The van der Waals surface area contributed by atoms with Gasteiger partial charge < -0.3 is 10.5 Å². The van der Waals surface area contributed by atoms with Crippen LogP contribution in [0.15, 0.2) is 46.9 Å². The monoisotopic (exact) mass is 337 g/mol. The molecule has 0 aromatic heterocycles. The number of hydrogen-bond acceptors (Lipinski definition) is 2. The Balaban J connectivity index is 2.29. The second-order valence-electron chi connectivity index (χ2n) is 4.66. The highest BCUT2D eigenvalue weighted by atomic mass is 79.9. The van der Waals surface area contributed by atoms with Gasteiger partial charge in [-0.2, -0.15) is 0 Å². The summed E-state index contributed by atoms with van der Waals surface area (Å²) in [4.78, 5) is 0. The SMILES string of the molecule is CCC(N)Cc1cc(Br)ccc1Oc1ccccc1F. The fourth-order valence-electron chi connectivity index (χ4n) is 1.88. The molecule has 0 aliphatic heterocycles. The summed E-state index contributed by atoms with van der Waals surface area (Å²) in [5.74, 6) is 0.490. The zero-order valence-electron chi connectivity index (χ0n) is 11.3. The van der Waals surface area contributed by atoms with Crippen molar-refractivity contribution in [2.24, 2.45) is 5.73 Å². The van der Waals surface area contributed by atoms with Crippen molar-refractivity contribution >= 4 is 15.9 Å². The molecule has 1 unspecified atom stereocenters. The topological polar surface area (TPSA) is 35.2 Å². The van der Waals surface area contributed by atoms with Crippen LogP contribution in [0, 0.1) is 5.82 Å². The minimum atomic E-state index is -0.374. The smallest absolute Gasteiger partial charge is 0.165 e. The Morgan fingerprint density at radius 2 is 1.95 bits per heavy atom. The van der Waals surface area contributed by atoms with E-state index in [4.69, 9.17) is 10.5 Å². The van der Waals surface area contributed by atoms with Crippen molar-refractivity contribution in [2.75, 3.05) is 0 Å². The first-order valence-corrected chi connectivity index (χ1v) is 7.36. The van der Waals surface area contributed by atoms with Gasteiger partial charge in [0.2, 0.25) is 0 Å². The van der Waals surface area contributed by atoms with E-state index < -0.39 is 0 Å². The summed E-state index contributed by atoms with van der Waals surface area (Å²) in [7, 11) is 0. The summed E-state index contributed by atoms with van der Waals surface area (Å²) >= 11 is 3.44. The van der Waals surface area contributed by atoms with Crippen LogP contribution < -0.4 is 10.5 Å². The van der Waals surface area contributed by atoms with Crippen LogP contribution in [0.5, 0.6) is 11.5 Å². The number of nitrogens with two attached hydrogens (primary N) is 1. The molecule has 0 aliphatic carbocycles. The summed E-state index contributed by atoms with van der Waals surface area (Å²) in [6.07, 6.45) is 1.57. The molecule has 0 saturated heterocycles. The van der Waals surface area contributed by atoms with Crippen LogP contribution in [0.1, 0.15) is 18.9 Å². The van der Waals surface area contributed by atoms with Gasteiger partial charge in [-0.25, -0.2) is 4.39 Å². The number of para-hydroxylation sites is 1. The van der Waals surface area contributed by atoms with Gasteiger partial charge in [-0.1, -0.05) is 35.0 Å². The van der Waals surface area contributed by atoms with Gasteiger partial charge in [-0.15, -0.1) is 0 Å². The molecule has 2 N–H and O–H groups in total. The molecule has 2 nitrogen and oxygen atoms in total. The first-order valence-electron chi connectivity index (χ1n) is 6.56. The van der Waals surface area contributed by atoms with Crippen molar-refractivity contribution in [3.63, 3.8) is 0 Å². The average molecular weight is 338 g/mol. The molecular weight excluding hydrogens is 321 g/mol. The Kier molecular flexibility index (Phi) is 5.15. The lowest BCUT2D eigenvalue weighted by molar-refractivity contribution is 0.435. The normalized spacial score (nSPS) is 12.2. The largest absolute Gasteiger partial charge is 0.454 e. The van der Waals surface area contributed by atoms with Crippen LogP contribution in [-0.2, 0) is 6.42 Å². The van der Waals surface area contributed by atoms with Gasteiger partial charge in [0.05, 0.1) is 0 Å². The van der Waals surface area contributed by atoms with Crippen molar-refractivity contribution in [2.45, 2.75) is 25.8 Å². The quantitative estimate of drug-likeness (QED) is 0.861. The Morgan fingerprint density at radius 3 is 2.65 bits per heavy atom. The maximum Gasteiger partial charge on any atom is 0.165 e. The van der Waals surface area contributed by atoms with Gasteiger partial charge in [-0.05, 0) is 48.7 Å². The van der Waals surface area contributed by atoms with Crippen LogP contribution in [0.3, 0.4) is 0 Å². The van der Waals surface area contributed by atoms with Gasteiger partial charge >= 0.3 is 0 Å². The van der Waals surface area contributed by atoms with E-state index in [9.17, 15) is 4.39 Å². The highest BCUT2D eigenvalue weighted by Crippen LogP contribution is 2.30. The van der Waals surface area contributed by atoms with Gasteiger partial charge in [-0.3, -0.25) is 0 Å². The highest BCUT2D eigenvalue weighted by Gasteiger charge is 2.11. The number of halogens is 2. The number of benzene rings is 2. The highest BCUT2D eigenvalue weighted by molar-refractivity contribution is 9.10. The summed E-state index contributed by atoms with van der Waals surface area (Å²) in [5.41, 5.74) is 6.97. The number of hydrogen-bond donors (Lipinski definition) is 1. The molecule has 2 aromatic rings. The molecule has 20 heavy (non-hydrogen) atoms. The minimum Gasteiger partial charge on any atom is -0.454 e. The lowest BCUT2D eigenvalue weighted by Crippen LogP contribution is -2.21. The molecule has 106 valence electrons. The van der Waals surface area contributed by atoms with E-state index in [1.807, 2.05) is 25.1 Å². The summed E-state index contributed by atoms with van der Waals surface area (Å²) < 4.78 is 20.3. The molecule has 0 fully saturated rings. The molecule has 0 radical (unpaired) electrons. The van der Waals surface area contributed by atoms with E-state index in [0.717, 1.165) is 16.5 Å². The van der Waals surface area contributed by atoms with E-state index >= 15 is 0 Å². The Hall–Kier alpha value is -1.39. The average Bonchev–Trinajstić information content (AvgIpc) is 2.44. The maximum absolute atomic E-state index is 13.7. The standard InChI is InChI=1S/C16H17BrFNO/c1-2-13(19)10-11-9-12(17)7-8-15(11)20-16-6-4-3-5-14(16)18/h3-9,13H,2,10,19H2,1H3. The van der Waals surface area contributed by atoms with Crippen molar-refractivity contribution in [3.05, 3.63) is 58.3 Å². The van der Waals surface area contributed by atoms with E-state index in [2.05, 4.69) is 15.9 Å². The third-order valence-corrected chi connectivity index (χ3v) is 3.58. The van der Waals surface area contributed by atoms with Crippen LogP contribution >= 0.6 is 15.9 Å². The van der Waals surface area contributed by atoms with E-state index in [-0.39, 0.29) is 17.6 Å². The fraction of sp³-hybridized carbons (Fsp3) is 0.250. The first kappa shape index (κ1) is 15.0. The lowest BCUT2D eigenvalue weighted by atomic mass is 10.0. The molecule has 0 saturated carbocycles. The third kappa shape index (κ3) is 3.81. The Morgan fingerprint density at radius 1 is 1.20 bits per heavy atom. The van der Waals surface area contributed by atoms with Gasteiger partial charge in [0.15, 0.2) is 11.6 Å². The molecule has 0 aliphatic rings. The van der Waals surface area contributed by atoms with E-state index in [1.54, 1.807) is 18.2 Å². The summed E-state index contributed by atoms with van der Waals surface area (Å²) in [5, 5.41) is 0. The summed E-state index contributed by atoms with van der Waals surface area (Å²) in [6.45, 7) is 2.04. The van der Waals surface area contributed by atoms with Gasteiger partial charge in [0, 0.05) is 10.5 Å². The molecular formula is C16H17BrFNO. The van der Waals surface area contributed by atoms with Crippen LogP contribution in [0.25, 0.3) is 0 Å². The van der Waals surface area contributed by atoms with Crippen molar-refractivity contribution in [1.29, 1.82) is 0 Å². The van der Waals surface area contributed by atoms with E-state index in [1.165, 1.54) is 6.07 Å². The van der Waals surface area contributed by atoms with Crippen molar-refractivity contribution in [1.82, 2.24) is 0 Å². The second kappa shape index (κ2) is 6.86. The molecule has 0 amide bonds. The Bertz CT molecular complexity index is 588. The first-order chi connectivity index (χ1) is 9.60. The van der Waals surface area contributed by atoms with Gasteiger partial charge in [0.25, 0.3) is 0 Å². The molecule has 2 aromatic carbocycles. The minimum absolute atomic E-state index is 0.0623. The predicted octanol–water partition coefficient (Wildman–Crippen LogP) is 4.66. The Labute approximate surface area is 126 Å². The molecule has 2 rings (SSSR count). The van der Waals surface area contributed by atoms with Crippen molar-refractivity contribution in [3.8, 4) is 11.5 Å². The molecule has 0 spiro atoms. The number of rotatable bonds is 5. The molecule has 1 atom stereocenters. The molecule has 4 heteroatoms. The second-order valence-corrected chi connectivity index (χ2v) is 5.57. The zero-order chi connectivity index (χ0) is 14.5. The van der Waals surface area contributed by atoms with Crippen LogP contribution in [0.4, 0.5) is 4.39 Å². The molecule has 0 heterocycles. The fourth-order valence-corrected chi connectivity index (χ4v) is 2.29. The maximum atomic E-state index is 13.7. The van der Waals surface area contributed by atoms with Gasteiger partial charge in [0.1, 0.15) is 5.75 Å². The van der Waals surface area contributed by atoms with Crippen LogP contribution in [-0.4, -0.2) is 6.04 Å². The van der Waals surface area contributed by atoms with Crippen LogP contribution in [0.2, 0.25) is 0 Å². The third-order valence-electron chi connectivity index (χ3n) is 3.09. The molecule has 0 bridgehead atoms. The van der Waals surface area contributed by atoms with E-state index in [0.29, 0.717) is 12.2 Å². The number of ether oxygens (including phenoxy) is 1.